The molecule has 0 spiro atoms. The van der Waals surface area contributed by atoms with Crippen LogP contribution in [0.25, 0.3) is 22.5 Å². The van der Waals surface area contributed by atoms with Crippen LogP contribution >= 0.6 is 0 Å². The fraction of sp³-hybridized carbons (Fsp3) is 0.545. The Morgan fingerprint density at radius 2 is 1.66 bits per heavy atom. The first-order chi connectivity index (χ1) is 19.9. The van der Waals surface area contributed by atoms with Gasteiger partial charge in [0.25, 0.3) is 0 Å². The second kappa shape index (κ2) is 13.0. The Hall–Kier alpha value is -3.55. The zero-order valence-corrected chi connectivity index (χ0v) is 25.3. The largest absolute Gasteiger partial charge is 0.328 e. The molecule has 0 bridgehead atoms. The highest BCUT2D eigenvalue weighted by atomic mass is 16.1. The van der Waals surface area contributed by atoms with Gasteiger partial charge in [0.2, 0.25) is 5.82 Å². The predicted molar refractivity (Wildman–Crippen MR) is 163 cm³/mol. The van der Waals surface area contributed by atoms with E-state index in [2.05, 4.69) is 83.1 Å². The van der Waals surface area contributed by atoms with Gasteiger partial charge in [-0.15, -0.1) is 10.2 Å². The SMILES string of the molecule is CCCCc1cn(C2C(C(C)C)CCCCC2C(C)C)c(=O)n1Cc1cnccc1-c1ccc(-c2nn[nH]n2)cc1. The summed E-state index contributed by atoms with van der Waals surface area (Å²) in [6.45, 7) is 12.1. The van der Waals surface area contributed by atoms with Gasteiger partial charge in [-0.25, -0.2) is 4.79 Å². The summed E-state index contributed by atoms with van der Waals surface area (Å²) >= 11 is 0. The van der Waals surface area contributed by atoms with E-state index in [0.717, 1.165) is 47.2 Å². The molecule has 218 valence electrons. The maximum atomic E-state index is 14.4. The average Bonchev–Trinajstić information content (AvgIpc) is 3.54. The number of nitrogens with zero attached hydrogens (tertiary/aromatic N) is 6. The number of aromatic nitrogens is 7. The maximum absolute atomic E-state index is 14.4. The molecule has 0 radical (unpaired) electrons. The summed E-state index contributed by atoms with van der Waals surface area (Å²) in [5.74, 6) is 2.65. The number of imidazole rings is 1. The van der Waals surface area contributed by atoms with E-state index >= 15 is 0 Å². The molecule has 1 aliphatic rings. The van der Waals surface area contributed by atoms with E-state index in [1.807, 2.05) is 35.2 Å². The second-order valence-corrected chi connectivity index (χ2v) is 12.4. The van der Waals surface area contributed by atoms with Gasteiger partial charge in [0, 0.05) is 35.9 Å². The van der Waals surface area contributed by atoms with Gasteiger partial charge in [0.15, 0.2) is 0 Å². The average molecular weight is 556 g/mol. The van der Waals surface area contributed by atoms with Crippen molar-refractivity contribution in [1.82, 2.24) is 34.7 Å². The lowest BCUT2D eigenvalue weighted by atomic mass is 9.76. The summed E-state index contributed by atoms with van der Waals surface area (Å²) in [5.41, 5.74) is 5.35. The van der Waals surface area contributed by atoms with E-state index in [0.29, 0.717) is 36.0 Å². The van der Waals surface area contributed by atoms with Gasteiger partial charge in [-0.3, -0.25) is 14.1 Å². The molecule has 0 aliphatic heterocycles. The molecular weight excluding hydrogens is 510 g/mol. The minimum absolute atomic E-state index is 0.126. The number of hydrogen-bond donors (Lipinski definition) is 1. The highest BCUT2D eigenvalue weighted by Gasteiger charge is 2.37. The molecule has 8 heteroatoms. The third kappa shape index (κ3) is 6.21. The number of pyridine rings is 1. The maximum Gasteiger partial charge on any atom is 0.328 e. The van der Waals surface area contributed by atoms with Crippen LogP contribution in [-0.2, 0) is 13.0 Å². The minimum Gasteiger partial charge on any atom is -0.295 e. The molecule has 1 N–H and O–H groups in total. The first-order valence-corrected chi connectivity index (χ1v) is 15.5. The van der Waals surface area contributed by atoms with E-state index in [1.54, 1.807) is 0 Å². The summed E-state index contributed by atoms with van der Waals surface area (Å²) in [6, 6.07) is 10.4. The van der Waals surface area contributed by atoms with Crippen LogP contribution in [0.3, 0.4) is 0 Å². The van der Waals surface area contributed by atoms with E-state index in [1.165, 1.54) is 25.7 Å². The molecule has 2 unspecified atom stereocenters. The van der Waals surface area contributed by atoms with E-state index < -0.39 is 0 Å². The molecule has 2 atom stereocenters. The lowest BCUT2D eigenvalue weighted by Crippen LogP contribution is -2.38. The monoisotopic (exact) mass is 555 g/mol. The Morgan fingerprint density at radius 3 is 2.27 bits per heavy atom. The van der Waals surface area contributed by atoms with E-state index in [4.69, 9.17) is 0 Å². The lowest BCUT2D eigenvalue weighted by molar-refractivity contribution is 0.145. The molecule has 3 aromatic heterocycles. The first-order valence-electron chi connectivity index (χ1n) is 15.5. The van der Waals surface area contributed by atoms with Crippen LogP contribution in [0.15, 0.2) is 53.7 Å². The van der Waals surface area contributed by atoms with Crippen LogP contribution in [0.1, 0.15) is 90.4 Å². The molecule has 1 aliphatic carbocycles. The molecule has 41 heavy (non-hydrogen) atoms. The molecule has 1 fully saturated rings. The van der Waals surface area contributed by atoms with Crippen molar-refractivity contribution in [2.45, 2.75) is 92.2 Å². The van der Waals surface area contributed by atoms with Crippen molar-refractivity contribution in [1.29, 1.82) is 0 Å². The van der Waals surface area contributed by atoms with Crippen molar-refractivity contribution in [3.8, 4) is 22.5 Å². The minimum atomic E-state index is 0.126. The Labute approximate surface area is 243 Å². The molecule has 0 amide bonds. The van der Waals surface area contributed by atoms with Gasteiger partial charge in [-0.05, 0) is 77.3 Å². The molecule has 8 nitrogen and oxygen atoms in total. The van der Waals surface area contributed by atoms with Crippen LogP contribution in [0.5, 0.6) is 0 Å². The number of rotatable bonds is 10. The van der Waals surface area contributed by atoms with Crippen molar-refractivity contribution in [2.75, 3.05) is 0 Å². The van der Waals surface area contributed by atoms with Gasteiger partial charge in [-0.1, -0.05) is 78.1 Å². The van der Waals surface area contributed by atoms with Crippen molar-refractivity contribution in [3.63, 3.8) is 0 Å². The van der Waals surface area contributed by atoms with Gasteiger partial charge in [0.05, 0.1) is 6.54 Å². The number of H-pyrrole nitrogens is 1. The van der Waals surface area contributed by atoms with Gasteiger partial charge in [-0.2, -0.15) is 5.21 Å². The number of benzene rings is 1. The third-order valence-electron chi connectivity index (χ3n) is 9.14. The number of hydrogen-bond acceptors (Lipinski definition) is 5. The van der Waals surface area contributed by atoms with Crippen molar-refractivity contribution in [2.24, 2.45) is 23.7 Å². The summed E-state index contributed by atoms with van der Waals surface area (Å²) in [4.78, 5) is 18.9. The summed E-state index contributed by atoms with van der Waals surface area (Å²) in [7, 11) is 0. The summed E-state index contributed by atoms with van der Waals surface area (Å²) in [6.07, 6.45) is 13.9. The topological polar surface area (TPSA) is 94.3 Å². The number of unbranched alkanes of at least 4 members (excludes halogenated alkanes) is 1. The lowest BCUT2D eigenvalue weighted by Gasteiger charge is -2.36. The van der Waals surface area contributed by atoms with Crippen LogP contribution in [-0.4, -0.2) is 34.7 Å². The van der Waals surface area contributed by atoms with Crippen LogP contribution < -0.4 is 5.69 Å². The Bertz CT molecular complexity index is 1430. The first kappa shape index (κ1) is 29.0. The zero-order valence-electron chi connectivity index (χ0n) is 25.3. The molecule has 5 rings (SSSR count). The molecule has 1 saturated carbocycles. The number of nitrogens with one attached hydrogen (secondary N) is 1. The van der Waals surface area contributed by atoms with Crippen molar-refractivity contribution in [3.05, 3.63) is 70.7 Å². The molecule has 0 saturated heterocycles. The third-order valence-corrected chi connectivity index (χ3v) is 9.14. The number of aryl methyl sites for hydroxylation is 1. The quantitative estimate of drug-likeness (QED) is 0.214. The Morgan fingerprint density at radius 1 is 0.976 bits per heavy atom. The Balaban J connectivity index is 1.55. The zero-order chi connectivity index (χ0) is 28.9. The highest BCUT2D eigenvalue weighted by molar-refractivity contribution is 5.69. The van der Waals surface area contributed by atoms with E-state index in [-0.39, 0.29) is 11.7 Å². The summed E-state index contributed by atoms with van der Waals surface area (Å²) < 4.78 is 4.19. The predicted octanol–water partition coefficient (Wildman–Crippen LogP) is 6.94. The fourth-order valence-corrected chi connectivity index (χ4v) is 6.86. The van der Waals surface area contributed by atoms with Crippen molar-refractivity contribution < 1.29 is 0 Å². The second-order valence-electron chi connectivity index (χ2n) is 12.4. The van der Waals surface area contributed by atoms with Crippen LogP contribution in [0.2, 0.25) is 0 Å². The van der Waals surface area contributed by atoms with Gasteiger partial charge >= 0.3 is 5.69 Å². The highest BCUT2D eigenvalue weighted by Crippen LogP contribution is 2.43. The van der Waals surface area contributed by atoms with Gasteiger partial charge in [0.1, 0.15) is 0 Å². The molecular formula is C33H45N7O. The molecule has 4 aromatic rings. The van der Waals surface area contributed by atoms with Crippen LogP contribution in [0, 0.1) is 23.7 Å². The van der Waals surface area contributed by atoms with Crippen LogP contribution in [0.4, 0.5) is 0 Å². The summed E-state index contributed by atoms with van der Waals surface area (Å²) in [5, 5.41) is 14.4. The van der Waals surface area contributed by atoms with Crippen molar-refractivity contribution >= 4 is 0 Å². The van der Waals surface area contributed by atoms with Gasteiger partial charge < -0.3 is 0 Å². The Kier molecular flexibility index (Phi) is 9.15. The number of tetrazole rings is 1. The molecule has 1 aromatic carbocycles. The molecule has 3 heterocycles. The normalized spacial score (nSPS) is 19.6. The fourth-order valence-electron chi connectivity index (χ4n) is 6.86. The number of aromatic amines is 1. The van der Waals surface area contributed by atoms with E-state index in [9.17, 15) is 4.79 Å². The standard InChI is InChI=1S/C33H45N7O/c1-6-7-10-27-21-40(31-28(22(2)3)11-8-9-12-29(31)23(4)5)33(41)39(27)20-26-19-34-18-17-30(26)24-13-15-25(16-14-24)32-35-37-38-36-32/h13-19,21-23,28-29,31H,6-12,20H2,1-5H3,(H,35,36,37,38). The smallest absolute Gasteiger partial charge is 0.295 e.